The highest BCUT2D eigenvalue weighted by molar-refractivity contribution is 5.95. The molecule has 0 aliphatic heterocycles. The molecule has 0 aromatic heterocycles. The molecule has 1 aromatic rings. The van der Waals surface area contributed by atoms with E-state index in [1.807, 2.05) is 30.3 Å². The summed E-state index contributed by atoms with van der Waals surface area (Å²) in [6.07, 6.45) is 6.07. The van der Waals surface area contributed by atoms with E-state index >= 15 is 0 Å². The largest absolute Gasteiger partial charge is 0.294 e. The first-order chi connectivity index (χ1) is 7.70. The number of benzene rings is 1. The van der Waals surface area contributed by atoms with Gasteiger partial charge in [-0.3, -0.25) is 4.79 Å². The lowest BCUT2D eigenvalue weighted by atomic mass is 10.0. The summed E-state index contributed by atoms with van der Waals surface area (Å²) < 4.78 is 0. The van der Waals surface area contributed by atoms with Gasteiger partial charge in [-0.15, -0.1) is 0 Å². The van der Waals surface area contributed by atoms with Gasteiger partial charge in [-0.2, -0.15) is 0 Å². The molecule has 86 valence electrons. The average molecular weight is 216 g/mol. The second-order valence-corrected chi connectivity index (χ2v) is 4.32. The highest BCUT2D eigenvalue weighted by Crippen LogP contribution is 2.08. The molecule has 0 radical (unpaired) electrons. The molecule has 0 spiro atoms. The van der Waals surface area contributed by atoms with E-state index in [-0.39, 0.29) is 5.78 Å². The van der Waals surface area contributed by atoms with E-state index in [0.717, 1.165) is 24.8 Å². The Morgan fingerprint density at radius 2 is 1.81 bits per heavy atom. The van der Waals surface area contributed by atoms with Crippen LogP contribution in [0.25, 0.3) is 0 Å². The third-order valence-electron chi connectivity index (χ3n) is 2.51. The van der Waals surface area contributed by atoms with Crippen LogP contribution < -0.4 is 0 Å². The van der Waals surface area contributed by atoms with Gasteiger partial charge in [0.1, 0.15) is 0 Å². The third-order valence-corrected chi connectivity index (χ3v) is 2.51. The fourth-order valence-electron chi connectivity index (χ4n) is 1.59. The normalized spacial score (nSPS) is 9.88. The number of hydrogen-bond donors (Lipinski definition) is 0. The highest BCUT2D eigenvalue weighted by atomic mass is 16.1. The number of allylic oxidation sites excluding steroid dienone is 2. The number of unbranched alkanes of at least 4 members (excludes halogenated alkanes) is 2. The van der Waals surface area contributed by atoms with Gasteiger partial charge in [-0.25, -0.2) is 0 Å². The lowest BCUT2D eigenvalue weighted by molar-refractivity contribution is 0.0979. The van der Waals surface area contributed by atoms with Gasteiger partial charge in [0.15, 0.2) is 5.78 Å². The van der Waals surface area contributed by atoms with E-state index in [2.05, 4.69) is 19.9 Å². The maximum Gasteiger partial charge on any atom is 0.162 e. The maximum absolute atomic E-state index is 11.7. The van der Waals surface area contributed by atoms with E-state index in [9.17, 15) is 4.79 Å². The summed E-state index contributed by atoms with van der Waals surface area (Å²) in [7, 11) is 0. The summed E-state index contributed by atoms with van der Waals surface area (Å²) in [6, 6.07) is 9.54. The summed E-state index contributed by atoms with van der Waals surface area (Å²) in [4.78, 5) is 11.7. The number of carbonyl (C=O) groups is 1. The molecule has 0 aliphatic rings. The number of Topliss-reactive ketones (excluding diaryl/α,β-unsaturated/α-hetero) is 1. The summed E-state index contributed by atoms with van der Waals surface area (Å²) in [5, 5.41) is 0. The van der Waals surface area contributed by atoms with Crippen LogP contribution in [-0.4, -0.2) is 5.78 Å². The predicted octanol–water partition coefficient (Wildman–Crippen LogP) is 4.40. The molecule has 0 N–H and O–H groups in total. The summed E-state index contributed by atoms with van der Waals surface area (Å²) in [5.41, 5.74) is 2.19. The van der Waals surface area contributed by atoms with E-state index in [0.29, 0.717) is 6.42 Å². The van der Waals surface area contributed by atoms with Crippen molar-refractivity contribution in [1.29, 1.82) is 0 Å². The number of rotatable bonds is 6. The zero-order valence-electron chi connectivity index (χ0n) is 10.2. The van der Waals surface area contributed by atoms with E-state index in [4.69, 9.17) is 0 Å². The molecule has 0 bridgehead atoms. The van der Waals surface area contributed by atoms with E-state index < -0.39 is 0 Å². The molecular weight excluding hydrogens is 196 g/mol. The quantitative estimate of drug-likeness (QED) is 0.391. The smallest absolute Gasteiger partial charge is 0.162 e. The monoisotopic (exact) mass is 216 g/mol. The van der Waals surface area contributed by atoms with Crippen molar-refractivity contribution in [3.63, 3.8) is 0 Å². The second-order valence-electron chi connectivity index (χ2n) is 4.32. The van der Waals surface area contributed by atoms with Crippen molar-refractivity contribution < 1.29 is 4.79 Å². The van der Waals surface area contributed by atoms with Crippen molar-refractivity contribution in [2.75, 3.05) is 0 Å². The lowest BCUT2D eigenvalue weighted by Gasteiger charge is -2.00. The maximum atomic E-state index is 11.7. The van der Waals surface area contributed by atoms with Gasteiger partial charge in [-0.05, 0) is 33.1 Å². The lowest BCUT2D eigenvalue weighted by Crippen LogP contribution is -1.97. The molecule has 0 unspecified atom stereocenters. The Morgan fingerprint density at radius 3 is 2.44 bits per heavy atom. The minimum Gasteiger partial charge on any atom is -0.294 e. The highest BCUT2D eigenvalue weighted by Gasteiger charge is 2.03. The van der Waals surface area contributed by atoms with Gasteiger partial charge in [0.25, 0.3) is 0 Å². The van der Waals surface area contributed by atoms with Crippen LogP contribution in [-0.2, 0) is 0 Å². The standard InChI is InChI=1S/C15H20O/c1-13(2)9-5-3-8-12-15(16)14-10-6-4-7-11-14/h4,6-7,9-11H,3,5,8,12H2,1-2H3. The molecular formula is C15H20O. The Labute approximate surface area is 98.2 Å². The van der Waals surface area contributed by atoms with Crippen molar-refractivity contribution >= 4 is 5.78 Å². The van der Waals surface area contributed by atoms with Gasteiger partial charge >= 0.3 is 0 Å². The van der Waals surface area contributed by atoms with Gasteiger partial charge in [0, 0.05) is 12.0 Å². The molecule has 1 nitrogen and oxygen atoms in total. The van der Waals surface area contributed by atoms with Crippen LogP contribution in [0, 0.1) is 0 Å². The number of carbonyl (C=O) groups excluding carboxylic acids is 1. The molecule has 0 saturated heterocycles. The fourth-order valence-corrected chi connectivity index (χ4v) is 1.59. The zero-order valence-corrected chi connectivity index (χ0v) is 10.2. The third kappa shape index (κ3) is 4.92. The molecule has 0 aliphatic carbocycles. The van der Waals surface area contributed by atoms with E-state index in [1.54, 1.807) is 0 Å². The Bertz CT molecular complexity index is 345. The SMILES string of the molecule is CC(C)=CCCCCC(=O)c1ccccc1. The molecule has 0 amide bonds. The Kier molecular flexibility index (Phi) is 5.55. The van der Waals surface area contributed by atoms with Crippen molar-refractivity contribution in [2.45, 2.75) is 39.5 Å². The molecule has 1 heteroatoms. The van der Waals surface area contributed by atoms with Gasteiger partial charge in [0.2, 0.25) is 0 Å². The van der Waals surface area contributed by atoms with Crippen LogP contribution in [0.4, 0.5) is 0 Å². The van der Waals surface area contributed by atoms with Crippen LogP contribution in [0.3, 0.4) is 0 Å². The van der Waals surface area contributed by atoms with Crippen LogP contribution >= 0.6 is 0 Å². The van der Waals surface area contributed by atoms with Gasteiger partial charge in [0.05, 0.1) is 0 Å². The van der Waals surface area contributed by atoms with Crippen molar-refractivity contribution in [2.24, 2.45) is 0 Å². The average Bonchev–Trinajstić information content (AvgIpc) is 2.29. The number of ketones is 1. The topological polar surface area (TPSA) is 17.1 Å². The molecule has 0 saturated carbocycles. The second kappa shape index (κ2) is 7.00. The van der Waals surface area contributed by atoms with Crippen LogP contribution in [0.1, 0.15) is 49.9 Å². The van der Waals surface area contributed by atoms with Crippen LogP contribution in [0.5, 0.6) is 0 Å². The zero-order chi connectivity index (χ0) is 11.8. The van der Waals surface area contributed by atoms with Crippen molar-refractivity contribution in [3.8, 4) is 0 Å². The van der Waals surface area contributed by atoms with Crippen molar-refractivity contribution in [1.82, 2.24) is 0 Å². The van der Waals surface area contributed by atoms with Crippen LogP contribution in [0.15, 0.2) is 42.0 Å². The molecule has 1 rings (SSSR count). The predicted molar refractivity (Wildman–Crippen MR) is 68.7 cm³/mol. The molecule has 0 fully saturated rings. The minimum atomic E-state index is 0.262. The fraction of sp³-hybridized carbons (Fsp3) is 0.400. The molecule has 16 heavy (non-hydrogen) atoms. The molecule has 1 aromatic carbocycles. The Morgan fingerprint density at radius 1 is 1.12 bits per heavy atom. The molecule has 0 atom stereocenters. The number of hydrogen-bond acceptors (Lipinski definition) is 1. The van der Waals surface area contributed by atoms with Gasteiger partial charge < -0.3 is 0 Å². The Balaban J connectivity index is 2.24. The van der Waals surface area contributed by atoms with Crippen molar-refractivity contribution in [3.05, 3.63) is 47.5 Å². The first-order valence-corrected chi connectivity index (χ1v) is 5.92. The molecule has 0 heterocycles. The summed E-state index contributed by atoms with van der Waals surface area (Å²) >= 11 is 0. The summed E-state index contributed by atoms with van der Waals surface area (Å²) in [6.45, 7) is 4.21. The first-order valence-electron chi connectivity index (χ1n) is 5.92. The minimum absolute atomic E-state index is 0.262. The first kappa shape index (κ1) is 12.7. The van der Waals surface area contributed by atoms with Gasteiger partial charge in [-0.1, -0.05) is 42.0 Å². The van der Waals surface area contributed by atoms with Crippen LogP contribution in [0.2, 0.25) is 0 Å². The summed E-state index contributed by atoms with van der Waals surface area (Å²) in [5.74, 6) is 0.262. The van der Waals surface area contributed by atoms with E-state index in [1.165, 1.54) is 5.57 Å². The Hall–Kier alpha value is -1.37.